The molecule has 10 nitrogen and oxygen atoms in total. The summed E-state index contributed by atoms with van der Waals surface area (Å²) in [4.78, 5) is 19.1. The van der Waals surface area contributed by atoms with Crippen LogP contribution in [0.1, 0.15) is 34.4 Å². The molecule has 1 atom stereocenters. The molecular formula is C26H23ClN8O2. The number of aromatic nitrogens is 7. The van der Waals surface area contributed by atoms with Crippen molar-refractivity contribution in [2.24, 2.45) is 0 Å². The zero-order valence-electron chi connectivity index (χ0n) is 20.7. The van der Waals surface area contributed by atoms with E-state index in [-0.39, 0.29) is 12.1 Å². The van der Waals surface area contributed by atoms with Gasteiger partial charge in [0, 0.05) is 17.4 Å². The Morgan fingerprint density at radius 1 is 1.05 bits per heavy atom. The number of aryl methyl sites for hydroxylation is 2. The molecule has 0 fully saturated rings. The largest absolute Gasteiger partial charge is 0.480 e. The van der Waals surface area contributed by atoms with Gasteiger partial charge in [-0.2, -0.15) is 4.98 Å². The molecule has 0 aliphatic carbocycles. The molecule has 0 radical (unpaired) electrons. The maximum atomic E-state index is 6.23. The van der Waals surface area contributed by atoms with Gasteiger partial charge in [-0.15, -0.1) is 10.2 Å². The number of anilines is 1. The van der Waals surface area contributed by atoms with E-state index in [1.165, 1.54) is 7.11 Å². The van der Waals surface area contributed by atoms with Crippen molar-refractivity contribution in [3.8, 4) is 23.3 Å². The number of hydrogen-bond acceptors (Lipinski definition) is 8. The lowest BCUT2D eigenvalue weighted by molar-refractivity contribution is 0.353. The van der Waals surface area contributed by atoms with E-state index in [9.17, 15) is 0 Å². The molecule has 5 heterocycles. The number of imidazole rings is 1. The van der Waals surface area contributed by atoms with Crippen LogP contribution in [0.2, 0.25) is 5.02 Å². The number of hydrogen-bond donors (Lipinski definition) is 1. The average molecular weight is 515 g/mol. The molecule has 4 aromatic heterocycles. The number of rotatable bonds is 5. The van der Waals surface area contributed by atoms with Crippen LogP contribution in [0, 0.1) is 13.8 Å². The first kappa shape index (κ1) is 23.0. The maximum Gasteiger partial charge on any atom is 0.319 e. The number of nitrogens with one attached hydrogen (secondary N) is 1. The fraction of sp³-hybridized carbons (Fsp3) is 0.192. The number of benzene rings is 1. The number of H-pyrrole nitrogens is 1. The van der Waals surface area contributed by atoms with Crippen LogP contribution in [0.5, 0.6) is 11.9 Å². The lowest BCUT2D eigenvalue weighted by Crippen LogP contribution is -2.23. The monoisotopic (exact) mass is 514 g/mol. The molecule has 37 heavy (non-hydrogen) atoms. The van der Waals surface area contributed by atoms with E-state index < -0.39 is 0 Å². The van der Waals surface area contributed by atoms with Crippen LogP contribution in [0.15, 0.2) is 49.3 Å². The molecule has 1 aromatic carbocycles. The quantitative estimate of drug-likeness (QED) is 0.357. The first-order chi connectivity index (χ1) is 17.9. The van der Waals surface area contributed by atoms with Gasteiger partial charge in [-0.3, -0.25) is 4.40 Å². The Balaban J connectivity index is 1.52. The number of halogens is 1. The molecule has 6 rings (SSSR count). The summed E-state index contributed by atoms with van der Waals surface area (Å²) in [6, 6.07) is 9.84. The molecule has 0 amide bonds. The summed E-state index contributed by atoms with van der Waals surface area (Å²) < 4.78 is 12.6. The van der Waals surface area contributed by atoms with Gasteiger partial charge in [0.05, 0.1) is 36.9 Å². The smallest absolute Gasteiger partial charge is 0.319 e. The van der Waals surface area contributed by atoms with Crippen molar-refractivity contribution in [2.45, 2.75) is 19.9 Å². The first-order valence-electron chi connectivity index (χ1n) is 11.5. The highest BCUT2D eigenvalue weighted by atomic mass is 35.5. The lowest BCUT2D eigenvalue weighted by Gasteiger charge is -2.29. The third-order valence-corrected chi connectivity index (χ3v) is 6.75. The lowest BCUT2D eigenvalue weighted by atomic mass is 10.0. The highest BCUT2D eigenvalue weighted by Gasteiger charge is 2.39. The SMILES string of the molecule is C=C1c2nc(-c3cnc(OC)nc3OC)[nH]c2C(c2ccc(Cl)cc2)N1c1cc(C)c2nnc(C)n2c1. The molecule has 0 saturated heterocycles. The number of aromatic amines is 1. The van der Waals surface area contributed by atoms with Gasteiger partial charge in [0.2, 0.25) is 5.88 Å². The van der Waals surface area contributed by atoms with Crippen molar-refractivity contribution in [3.05, 3.63) is 82.7 Å². The molecule has 1 N–H and O–H groups in total. The molecule has 1 aliphatic rings. The van der Waals surface area contributed by atoms with Crippen molar-refractivity contribution < 1.29 is 9.47 Å². The first-order valence-corrected chi connectivity index (χ1v) is 11.9. The molecular weight excluding hydrogens is 492 g/mol. The Bertz CT molecular complexity index is 1670. The number of ether oxygens (including phenoxy) is 2. The second kappa shape index (κ2) is 8.59. The van der Waals surface area contributed by atoms with Gasteiger partial charge in [0.25, 0.3) is 0 Å². The number of pyridine rings is 1. The third kappa shape index (κ3) is 3.60. The Hall–Kier alpha value is -4.44. The molecule has 0 saturated carbocycles. The molecule has 186 valence electrons. The van der Waals surface area contributed by atoms with Gasteiger partial charge in [0.15, 0.2) is 5.65 Å². The van der Waals surface area contributed by atoms with Gasteiger partial charge in [-0.25, -0.2) is 9.97 Å². The average Bonchev–Trinajstić information content (AvgIpc) is 3.58. The van der Waals surface area contributed by atoms with Crippen LogP contribution in [0.4, 0.5) is 5.69 Å². The van der Waals surface area contributed by atoms with E-state index in [0.29, 0.717) is 22.3 Å². The third-order valence-electron chi connectivity index (χ3n) is 6.50. The molecule has 0 spiro atoms. The van der Waals surface area contributed by atoms with Gasteiger partial charge in [0.1, 0.15) is 23.4 Å². The summed E-state index contributed by atoms with van der Waals surface area (Å²) in [6.07, 6.45) is 3.65. The van der Waals surface area contributed by atoms with Gasteiger partial charge < -0.3 is 19.4 Å². The summed E-state index contributed by atoms with van der Waals surface area (Å²) in [7, 11) is 3.05. The van der Waals surface area contributed by atoms with Crippen molar-refractivity contribution in [1.29, 1.82) is 0 Å². The standard InChI is InChI=1S/C26H23ClN8O2/c1-13-10-18(12-34-15(3)32-33-24(13)34)35-14(2)20-21(22(35)16-6-8-17(27)9-7-16)30-23(29-20)19-11-28-26(37-5)31-25(19)36-4/h6-12,22H,2H2,1,3-5H3,(H,29,30). The van der Waals surface area contributed by atoms with Gasteiger partial charge in [-0.05, 0) is 43.2 Å². The minimum atomic E-state index is -0.236. The molecule has 0 bridgehead atoms. The maximum absolute atomic E-state index is 6.23. The van der Waals surface area contributed by atoms with E-state index in [2.05, 4.69) is 42.7 Å². The predicted octanol–water partition coefficient (Wildman–Crippen LogP) is 4.78. The molecule has 1 aliphatic heterocycles. The second-order valence-corrected chi connectivity index (χ2v) is 9.16. The number of nitrogens with zero attached hydrogens (tertiary/aromatic N) is 7. The fourth-order valence-corrected chi connectivity index (χ4v) is 4.87. The number of fused-ring (bicyclic) bond motifs is 2. The minimum Gasteiger partial charge on any atom is -0.480 e. The number of methoxy groups -OCH3 is 2. The normalized spacial score (nSPS) is 14.9. The van der Waals surface area contributed by atoms with Crippen LogP contribution < -0.4 is 14.4 Å². The summed E-state index contributed by atoms with van der Waals surface area (Å²) in [6.45, 7) is 8.39. The van der Waals surface area contributed by atoms with Crippen molar-refractivity contribution in [3.63, 3.8) is 0 Å². The minimum absolute atomic E-state index is 0.212. The zero-order chi connectivity index (χ0) is 25.8. The zero-order valence-corrected chi connectivity index (χ0v) is 21.4. The molecule has 5 aromatic rings. The predicted molar refractivity (Wildman–Crippen MR) is 140 cm³/mol. The van der Waals surface area contributed by atoms with Crippen LogP contribution in [0.25, 0.3) is 22.7 Å². The topological polar surface area (TPSA) is 106 Å². The summed E-state index contributed by atoms with van der Waals surface area (Å²) >= 11 is 6.23. The van der Waals surface area contributed by atoms with E-state index in [0.717, 1.165) is 45.4 Å². The van der Waals surface area contributed by atoms with Crippen LogP contribution in [-0.4, -0.2) is 48.8 Å². The van der Waals surface area contributed by atoms with E-state index >= 15 is 0 Å². The Morgan fingerprint density at radius 3 is 2.57 bits per heavy atom. The van der Waals surface area contributed by atoms with Gasteiger partial charge in [-0.1, -0.05) is 30.3 Å². The fourth-order valence-electron chi connectivity index (χ4n) is 4.74. The van der Waals surface area contributed by atoms with Crippen LogP contribution in [0.3, 0.4) is 0 Å². The molecule has 1 unspecified atom stereocenters. The van der Waals surface area contributed by atoms with E-state index in [1.807, 2.05) is 48.7 Å². The Kier molecular flexibility index (Phi) is 5.34. The highest BCUT2D eigenvalue weighted by molar-refractivity contribution is 6.30. The molecule has 11 heteroatoms. The Morgan fingerprint density at radius 2 is 1.84 bits per heavy atom. The highest BCUT2D eigenvalue weighted by Crippen LogP contribution is 2.47. The summed E-state index contributed by atoms with van der Waals surface area (Å²) in [5.41, 5.74) is 6.78. The second-order valence-electron chi connectivity index (χ2n) is 8.72. The van der Waals surface area contributed by atoms with E-state index in [4.69, 9.17) is 26.1 Å². The summed E-state index contributed by atoms with van der Waals surface area (Å²) in [5.74, 6) is 1.73. The van der Waals surface area contributed by atoms with Crippen LogP contribution >= 0.6 is 11.6 Å². The van der Waals surface area contributed by atoms with Crippen molar-refractivity contribution in [1.82, 2.24) is 34.5 Å². The van der Waals surface area contributed by atoms with Crippen molar-refractivity contribution >= 4 is 28.6 Å². The van der Waals surface area contributed by atoms with Crippen molar-refractivity contribution in [2.75, 3.05) is 19.1 Å². The summed E-state index contributed by atoms with van der Waals surface area (Å²) in [5, 5.41) is 9.20. The van der Waals surface area contributed by atoms with Gasteiger partial charge >= 0.3 is 6.01 Å². The van der Waals surface area contributed by atoms with E-state index in [1.54, 1.807) is 13.3 Å². The van der Waals surface area contributed by atoms with Crippen LogP contribution in [-0.2, 0) is 0 Å². The Labute approximate surface area is 217 Å².